The predicted octanol–water partition coefficient (Wildman–Crippen LogP) is 6.86. The van der Waals surface area contributed by atoms with Crippen molar-refractivity contribution in [3.8, 4) is 11.3 Å². The number of hydrogen-bond donors (Lipinski definition) is 2. The Morgan fingerprint density at radius 3 is 2.42 bits per heavy atom. The van der Waals surface area contributed by atoms with Gasteiger partial charge >= 0.3 is 5.97 Å². The molecule has 0 saturated carbocycles. The number of aliphatic carboxylic acids is 1. The molecule has 2 aromatic carbocycles. The van der Waals surface area contributed by atoms with Crippen LogP contribution in [-0.4, -0.2) is 35.1 Å². The quantitative estimate of drug-likeness (QED) is 0.196. The number of aromatic nitrogens is 1. The maximum absolute atomic E-state index is 13.4. The molecule has 1 amide bonds. The number of nitrogens with one attached hydrogen (secondary N) is 1. The molecule has 0 spiro atoms. The van der Waals surface area contributed by atoms with Gasteiger partial charge in [0.2, 0.25) is 5.91 Å². The number of hydrogen-bond acceptors (Lipinski definition) is 5. The smallest absolute Gasteiger partial charge is 0.305 e. The van der Waals surface area contributed by atoms with Gasteiger partial charge in [0.1, 0.15) is 5.82 Å². The minimum absolute atomic E-state index is 0.0674. The molecule has 6 nitrogen and oxygen atoms in total. The minimum Gasteiger partial charge on any atom is -0.481 e. The molecule has 0 fully saturated rings. The number of carbonyl (C=O) groups is 2. The predicted molar refractivity (Wildman–Crippen MR) is 152 cm³/mol. The average Bonchev–Trinajstić information content (AvgIpc) is 3.39. The summed E-state index contributed by atoms with van der Waals surface area (Å²) in [6.07, 6.45) is 5.11. The van der Waals surface area contributed by atoms with E-state index in [9.17, 15) is 14.0 Å². The lowest BCUT2D eigenvalue weighted by molar-refractivity contribution is -0.136. The Bertz CT molecular complexity index is 1330. The molecule has 0 bridgehead atoms. The molecule has 0 atom stereocenters. The van der Waals surface area contributed by atoms with Crippen molar-refractivity contribution >= 4 is 34.0 Å². The van der Waals surface area contributed by atoms with Crippen LogP contribution in [0, 0.1) is 5.82 Å². The van der Waals surface area contributed by atoms with E-state index in [1.165, 1.54) is 29.0 Å². The topological polar surface area (TPSA) is 82.5 Å². The Balaban J connectivity index is 1.89. The molecule has 0 aliphatic carbocycles. The molecule has 2 N–H and O–H groups in total. The van der Waals surface area contributed by atoms with E-state index in [-0.39, 0.29) is 24.7 Å². The summed E-state index contributed by atoms with van der Waals surface area (Å²) in [4.78, 5) is 29.9. The number of anilines is 2. The fourth-order valence-electron chi connectivity index (χ4n) is 3.55. The molecule has 0 aliphatic rings. The lowest BCUT2D eigenvalue weighted by Gasteiger charge is -2.23. The number of carboxylic acids is 1. The molecule has 8 heteroatoms. The third-order valence-corrected chi connectivity index (χ3v) is 6.73. The van der Waals surface area contributed by atoms with Gasteiger partial charge in [0.25, 0.3) is 0 Å². The molecule has 0 aliphatic heterocycles. The largest absolute Gasteiger partial charge is 0.481 e. The summed E-state index contributed by atoms with van der Waals surface area (Å²) in [5.74, 6) is -1.18. The van der Waals surface area contributed by atoms with Gasteiger partial charge in [-0.15, -0.1) is 11.3 Å². The first kappa shape index (κ1) is 28.5. The Kier molecular flexibility index (Phi) is 10.1. The second kappa shape index (κ2) is 13.5. The summed E-state index contributed by atoms with van der Waals surface area (Å²) in [7, 11) is 0. The number of nitrogens with zero attached hydrogens (tertiary/aromatic N) is 2. The number of allylic oxidation sites excluding steroid dienone is 2. The maximum atomic E-state index is 13.4. The minimum atomic E-state index is -0.966. The summed E-state index contributed by atoms with van der Waals surface area (Å²) in [6, 6.07) is 14.6. The van der Waals surface area contributed by atoms with Crippen molar-refractivity contribution in [3.05, 3.63) is 101 Å². The van der Waals surface area contributed by atoms with Crippen molar-refractivity contribution in [3.63, 3.8) is 0 Å². The summed E-state index contributed by atoms with van der Waals surface area (Å²) >= 11 is 1.49. The molecular formula is C30H32FN3O3S. The van der Waals surface area contributed by atoms with Gasteiger partial charge in [-0.25, -0.2) is 9.37 Å². The van der Waals surface area contributed by atoms with Crippen LogP contribution >= 0.6 is 11.3 Å². The van der Waals surface area contributed by atoms with E-state index in [2.05, 4.69) is 54.9 Å². The van der Waals surface area contributed by atoms with Gasteiger partial charge in [0, 0.05) is 28.7 Å². The number of carboxylic acid groups (broad SMARTS) is 1. The monoisotopic (exact) mass is 533 g/mol. The first-order chi connectivity index (χ1) is 18.2. The molecule has 1 aromatic heterocycles. The van der Waals surface area contributed by atoms with Crippen LogP contribution in [0.25, 0.3) is 11.3 Å². The van der Waals surface area contributed by atoms with Crippen molar-refractivity contribution in [2.75, 3.05) is 18.0 Å². The first-order valence-corrected chi connectivity index (χ1v) is 13.1. The number of benzene rings is 2. The molecule has 1 heterocycles. The number of rotatable bonds is 12. The van der Waals surface area contributed by atoms with Gasteiger partial charge < -0.3 is 15.3 Å². The van der Waals surface area contributed by atoms with Gasteiger partial charge in [-0.3, -0.25) is 9.59 Å². The van der Waals surface area contributed by atoms with Crippen LogP contribution in [0.1, 0.15) is 38.7 Å². The Labute approximate surface area is 226 Å². The zero-order valence-electron chi connectivity index (χ0n) is 21.8. The fourth-order valence-corrected chi connectivity index (χ4v) is 4.40. The van der Waals surface area contributed by atoms with Crippen LogP contribution in [0.4, 0.5) is 15.2 Å². The highest BCUT2D eigenvalue weighted by Gasteiger charge is 2.16. The highest BCUT2D eigenvalue weighted by Crippen LogP contribution is 2.33. The van der Waals surface area contributed by atoms with Gasteiger partial charge in [0.05, 0.1) is 18.7 Å². The van der Waals surface area contributed by atoms with Crippen LogP contribution in [0.2, 0.25) is 0 Å². The average molecular weight is 534 g/mol. The third-order valence-electron chi connectivity index (χ3n) is 5.87. The van der Waals surface area contributed by atoms with Crippen LogP contribution < -0.4 is 10.2 Å². The van der Waals surface area contributed by atoms with Crippen LogP contribution in [0.3, 0.4) is 0 Å². The first-order valence-electron chi connectivity index (χ1n) is 12.3. The van der Waals surface area contributed by atoms with E-state index in [0.29, 0.717) is 18.0 Å². The number of halogens is 1. The molecule has 0 saturated heterocycles. The van der Waals surface area contributed by atoms with Crippen LogP contribution in [-0.2, 0) is 9.59 Å². The fraction of sp³-hybridized carbons (Fsp3) is 0.233. The highest BCUT2D eigenvalue weighted by molar-refractivity contribution is 7.14. The van der Waals surface area contributed by atoms with E-state index < -0.39 is 5.97 Å². The maximum Gasteiger partial charge on any atom is 0.305 e. The second-order valence-electron chi connectivity index (χ2n) is 9.05. The van der Waals surface area contributed by atoms with Crippen molar-refractivity contribution in [2.24, 2.45) is 0 Å². The van der Waals surface area contributed by atoms with E-state index in [1.54, 1.807) is 31.2 Å². The summed E-state index contributed by atoms with van der Waals surface area (Å²) in [5, 5.41) is 14.1. The molecule has 198 valence electrons. The van der Waals surface area contributed by atoms with Crippen molar-refractivity contribution in [1.29, 1.82) is 0 Å². The molecule has 3 aromatic rings. The second-order valence-corrected chi connectivity index (χ2v) is 9.89. The number of amides is 1. The molecule has 0 radical (unpaired) electrons. The van der Waals surface area contributed by atoms with Gasteiger partial charge in [-0.1, -0.05) is 50.8 Å². The van der Waals surface area contributed by atoms with Gasteiger partial charge in [-0.05, 0) is 60.4 Å². The standard InChI is InChI=1S/C30H32FN3O3S/c1-5-22(7-6-21(4)29(37)32-17-16-28(35)36)18-34(26-14-10-23(11-15-26)20(2)3)30-33-27(19-38-30)24-8-12-25(31)13-9-24/h5-15,19-20H,1,16-18H2,2-4H3,(H,32,37)(H,35,36)/b21-6+,22-7+. The van der Waals surface area contributed by atoms with Gasteiger partial charge in [-0.2, -0.15) is 0 Å². The SMILES string of the molecule is C=C/C(=C\C=C(/C)C(=O)NCCC(=O)O)CN(c1ccc(C(C)C)cc1)c1nc(-c2ccc(F)cc2)cs1. The van der Waals surface area contributed by atoms with Crippen molar-refractivity contribution < 1.29 is 19.1 Å². The number of carbonyl (C=O) groups excluding carboxylic acids is 1. The zero-order valence-corrected chi connectivity index (χ0v) is 22.6. The lowest BCUT2D eigenvalue weighted by atomic mass is 10.0. The Hall–Kier alpha value is -4.04. The van der Waals surface area contributed by atoms with E-state index in [1.807, 2.05) is 11.5 Å². The van der Waals surface area contributed by atoms with Crippen LogP contribution in [0.15, 0.2) is 89.9 Å². The summed E-state index contributed by atoms with van der Waals surface area (Å²) in [5.41, 5.74) is 5.08. The molecule has 3 rings (SSSR count). The van der Waals surface area contributed by atoms with E-state index in [4.69, 9.17) is 10.1 Å². The Morgan fingerprint density at radius 1 is 1.13 bits per heavy atom. The zero-order chi connectivity index (χ0) is 27.7. The summed E-state index contributed by atoms with van der Waals surface area (Å²) < 4.78 is 13.4. The van der Waals surface area contributed by atoms with Crippen molar-refractivity contribution in [1.82, 2.24) is 10.3 Å². The normalized spacial score (nSPS) is 11.9. The molecule has 0 unspecified atom stereocenters. The summed E-state index contributed by atoms with van der Waals surface area (Å²) in [6.45, 7) is 10.4. The lowest BCUT2D eigenvalue weighted by Crippen LogP contribution is -2.26. The van der Waals surface area contributed by atoms with Crippen LogP contribution in [0.5, 0.6) is 0 Å². The number of thiazole rings is 1. The third kappa shape index (κ3) is 7.98. The highest BCUT2D eigenvalue weighted by atomic mass is 32.1. The Morgan fingerprint density at radius 2 is 1.82 bits per heavy atom. The van der Waals surface area contributed by atoms with E-state index in [0.717, 1.165) is 27.6 Å². The molecular weight excluding hydrogens is 501 g/mol. The van der Waals surface area contributed by atoms with Crippen molar-refractivity contribution in [2.45, 2.75) is 33.1 Å². The molecule has 38 heavy (non-hydrogen) atoms. The van der Waals surface area contributed by atoms with E-state index >= 15 is 0 Å². The van der Waals surface area contributed by atoms with Gasteiger partial charge in [0.15, 0.2) is 5.13 Å².